The second-order valence-electron chi connectivity index (χ2n) is 6.61. The third-order valence-corrected chi connectivity index (χ3v) is 6.06. The van der Waals surface area contributed by atoms with Crippen LogP contribution in [0.15, 0.2) is 0 Å². The summed E-state index contributed by atoms with van der Waals surface area (Å²) in [4.78, 5) is 16.2. The topological polar surface area (TPSA) is 50.2 Å². The van der Waals surface area contributed by atoms with Gasteiger partial charge in [-0.15, -0.1) is 0 Å². The number of carbonyl (C=O) groups is 1. The summed E-state index contributed by atoms with van der Waals surface area (Å²) in [6, 6.07) is 0. The number of aliphatic hydroxyl groups excluding tert-OH is 1. The Morgan fingerprint density at radius 2 is 2.15 bits per heavy atom. The molecule has 0 bridgehead atoms. The number of halogens is 1. The molecule has 1 aromatic rings. The molecule has 1 spiro atoms. The van der Waals surface area contributed by atoms with Crippen LogP contribution in [0.1, 0.15) is 78.9 Å². The Balaban J connectivity index is 2.15. The van der Waals surface area contributed by atoms with Crippen LogP contribution < -0.4 is 0 Å². The normalized spacial score (nSPS) is 23.6. The molecule has 3 nitrogen and oxygen atoms in total. The standard InChI is InChI=1S/C16H20INO2/c1-9(2)15-10(8-19)14(17)13-11(18-15)6-16(4-3-5-16)7-12(13)20/h8-9,12,20H,3-7H2,1-2H3. The van der Waals surface area contributed by atoms with Crippen molar-refractivity contribution in [3.63, 3.8) is 0 Å². The van der Waals surface area contributed by atoms with Crippen molar-refractivity contribution in [3.8, 4) is 0 Å². The summed E-state index contributed by atoms with van der Waals surface area (Å²) in [6.07, 6.45) is 5.90. The van der Waals surface area contributed by atoms with Crippen LogP contribution in [0.5, 0.6) is 0 Å². The molecule has 1 heterocycles. The number of aromatic nitrogens is 1. The number of pyridine rings is 1. The van der Waals surface area contributed by atoms with E-state index in [2.05, 4.69) is 36.4 Å². The van der Waals surface area contributed by atoms with Gasteiger partial charge in [0.15, 0.2) is 6.29 Å². The molecule has 1 N–H and O–H groups in total. The van der Waals surface area contributed by atoms with Gasteiger partial charge >= 0.3 is 0 Å². The van der Waals surface area contributed by atoms with Crippen LogP contribution in [0.25, 0.3) is 0 Å². The summed E-state index contributed by atoms with van der Waals surface area (Å²) in [5, 5.41) is 10.5. The average molecular weight is 385 g/mol. The average Bonchev–Trinajstić information content (AvgIpc) is 2.35. The summed E-state index contributed by atoms with van der Waals surface area (Å²) in [5.74, 6) is 0.227. The fourth-order valence-corrected chi connectivity index (χ4v) is 4.75. The number of rotatable bonds is 2. The Morgan fingerprint density at radius 3 is 2.65 bits per heavy atom. The summed E-state index contributed by atoms with van der Waals surface area (Å²) < 4.78 is 0.910. The number of fused-ring (bicyclic) bond motifs is 1. The van der Waals surface area contributed by atoms with Crippen molar-refractivity contribution < 1.29 is 9.90 Å². The third kappa shape index (κ3) is 2.11. The van der Waals surface area contributed by atoms with E-state index < -0.39 is 6.10 Å². The smallest absolute Gasteiger partial charge is 0.152 e. The lowest BCUT2D eigenvalue weighted by molar-refractivity contribution is 0.0238. The van der Waals surface area contributed by atoms with Gasteiger partial charge in [0.05, 0.1) is 11.8 Å². The highest BCUT2D eigenvalue weighted by Gasteiger charge is 2.44. The first-order valence-electron chi connectivity index (χ1n) is 7.33. The van der Waals surface area contributed by atoms with Gasteiger partial charge in [0.25, 0.3) is 0 Å². The lowest BCUT2D eigenvalue weighted by atomic mass is 9.60. The first kappa shape index (κ1) is 14.4. The summed E-state index contributed by atoms with van der Waals surface area (Å²) in [5.41, 5.74) is 3.77. The minimum Gasteiger partial charge on any atom is -0.388 e. The summed E-state index contributed by atoms with van der Waals surface area (Å²) in [6.45, 7) is 4.13. The van der Waals surface area contributed by atoms with E-state index in [0.717, 1.165) is 39.6 Å². The van der Waals surface area contributed by atoms with Crippen LogP contribution in [-0.2, 0) is 6.42 Å². The second-order valence-corrected chi connectivity index (χ2v) is 7.69. The molecule has 1 unspecified atom stereocenters. The van der Waals surface area contributed by atoms with Gasteiger partial charge in [-0.2, -0.15) is 0 Å². The highest BCUT2D eigenvalue weighted by molar-refractivity contribution is 14.1. The SMILES string of the molecule is CC(C)c1nc2c(c(I)c1C=O)C(O)CC1(CCC1)C2. The van der Waals surface area contributed by atoms with Gasteiger partial charge in [-0.25, -0.2) is 0 Å². The fraction of sp³-hybridized carbons (Fsp3) is 0.625. The zero-order valence-electron chi connectivity index (χ0n) is 11.9. The maximum absolute atomic E-state index is 11.4. The van der Waals surface area contributed by atoms with Gasteiger partial charge in [0, 0.05) is 20.4 Å². The number of hydrogen-bond acceptors (Lipinski definition) is 3. The van der Waals surface area contributed by atoms with E-state index >= 15 is 0 Å². The highest BCUT2D eigenvalue weighted by atomic mass is 127. The van der Waals surface area contributed by atoms with Crippen LogP contribution in [0.4, 0.5) is 0 Å². The molecule has 1 fully saturated rings. The quantitative estimate of drug-likeness (QED) is 0.623. The molecule has 1 aromatic heterocycles. The molecule has 108 valence electrons. The monoisotopic (exact) mass is 385 g/mol. The lowest BCUT2D eigenvalue weighted by Crippen LogP contribution is -2.38. The van der Waals surface area contributed by atoms with Gasteiger partial charge in [-0.1, -0.05) is 20.3 Å². The van der Waals surface area contributed by atoms with Crippen molar-refractivity contribution in [2.24, 2.45) is 5.41 Å². The molecule has 20 heavy (non-hydrogen) atoms. The first-order chi connectivity index (χ1) is 9.47. The van der Waals surface area contributed by atoms with Crippen molar-refractivity contribution >= 4 is 28.9 Å². The molecule has 1 atom stereocenters. The minimum atomic E-state index is -0.460. The van der Waals surface area contributed by atoms with Crippen LogP contribution >= 0.6 is 22.6 Å². The predicted octanol–water partition coefficient (Wildman–Crippen LogP) is 3.77. The van der Waals surface area contributed by atoms with Crippen molar-refractivity contribution in [3.05, 3.63) is 26.1 Å². The molecule has 3 rings (SSSR count). The van der Waals surface area contributed by atoms with Crippen molar-refractivity contribution in [2.75, 3.05) is 0 Å². The minimum absolute atomic E-state index is 0.227. The van der Waals surface area contributed by atoms with Crippen molar-refractivity contribution in [2.45, 2.75) is 58.0 Å². The maximum atomic E-state index is 11.4. The van der Waals surface area contributed by atoms with E-state index in [1.165, 1.54) is 19.3 Å². The largest absolute Gasteiger partial charge is 0.388 e. The molecule has 0 radical (unpaired) electrons. The van der Waals surface area contributed by atoms with Crippen LogP contribution in [0.3, 0.4) is 0 Å². The van der Waals surface area contributed by atoms with Crippen LogP contribution in [0.2, 0.25) is 0 Å². The Hall–Kier alpha value is -0.490. The molecule has 4 heteroatoms. The van der Waals surface area contributed by atoms with Gasteiger partial charge in [-0.3, -0.25) is 9.78 Å². The molecule has 0 saturated heterocycles. The number of aliphatic hydroxyl groups is 1. The van der Waals surface area contributed by atoms with Crippen LogP contribution in [-0.4, -0.2) is 16.4 Å². The fourth-order valence-electron chi connectivity index (χ4n) is 3.67. The summed E-state index contributed by atoms with van der Waals surface area (Å²) in [7, 11) is 0. The molecule has 2 aliphatic rings. The van der Waals surface area contributed by atoms with E-state index in [0.29, 0.717) is 5.56 Å². The van der Waals surface area contributed by atoms with E-state index in [9.17, 15) is 9.90 Å². The van der Waals surface area contributed by atoms with Gasteiger partial charge in [0.2, 0.25) is 0 Å². The highest BCUT2D eigenvalue weighted by Crippen LogP contribution is 2.53. The Kier molecular flexibility index (Phi) is 3.65. The molecule has 0 aromatic carbocycles. The zero-order chi connectivity index (χ0) is 14.5. The molecule has 0 aliphatic heterocycles. The van der Waals surface area contributed by atoms with E-state index in [4.69, 9.17) is 4.98 Å². The van der Waals surface area contributed by atoms with Gasteiger partial charge < -0.3 is 5.11 Å². The first-order valence-corrected chi connectivity index (χ1v) is 8.41. The molecule has 2 aliphatic carbocycles. The van der Waals surface area contributed by atoms with Gasteiger partial charge in [-0.05, 0) is 59.6 Å². The number of carbonyl (C=O) groups excluding carboxylic acids is 1. The number of hydrogen-bond donors (Lipinski definition) is 1. The summed E-state index contributed by atoms with van der Waals surface area (Å²) >= 11 is 2.21. The maximum Gasteiger partial charge on any atom is 0.152 e. The van der Waals surface area contributed by atoms with E-state index in [1.54, 1.807) is 0 Å². The molecular weight excluding hydrogens is 365 g/mol. The number of nitrogens with zero attached hydrogens (tertiary/aromatic N) is 1. The van der Waals surface area contributed by atoms with E-state index in [-0.39, 0.29) is 11.3 Å². The van der Waals surface area contributed by atoms with Gasteiger partial charge in [0.1, 0.15) is 0 Å². The number of aldehydes is 1. The zero-order valence-corrected chi connectivity index (χ0v) is 14.1. The molecular formula is C16H20INO2. The Morgan fingerprint density at radius 1 is 1.45 bits per heavy atom. The lowest BCUT2D eigenvalue weighted by Gasteiger charge is -2.47. The Bertz CT molecular complexity index is 564. The van der Waals surface area contributed by atoms with Crippen LogP contribution in [0, 0.1) is 8.99 Å². The van der Waals surface area contributed by atoms with Crippen molar-refractivity contribution in [1.82, 2.24) is 4.98 Å². The third-order valence-electron chi connectivity index (χ3n) is 4.90. The molecule has 0 amide bonds. The predicted molar refractivity (Wildman–Crippen MR) is 86.0 cm³/mol. The Labute approximate surface area is 133 Å². The van der Waals surface area contributed by atoms with Crippen molar-refractivity contribution in [1.29, 1.82) is 0 Å². The molecule has 1 saturated carbocycles. The second kappa shape index (κ2) is 5.05. The van der Waals surface area contributed by atoms with E-state index in [1.807, 2.05) is 0 Å².